The highest BCUT2D eigenvalue weighted by Gasteiger charge is 2.31. The summed E-state index contributed by atoms with van der Waals surface area (Å²) in [5.74, 6) is -0.444. The van der Waals surface area contributed by atoms with Gasteiger partial charge in [0.05, 0.1) is 6.04 Å². The summed E-state index contributed by atoms with van der Waals surface area (Å²) in [5.41, 5.74) is 6.18. The number of rotatable bonds is 1. The van der Waals surface area contributed by atoms with Gasteiger partial charge in [0, 0.05) is 18.0 Å². The molecule has 1 aliphatic rings. The second kappa shape index (κ2) is 3.38. The first-order valence-electron chi connectivity index (χ1n) is 4.48. The molecule has 2 unspecified atom stereocenters. The smallest absolute Gasteiger partial charge is 0.222 e. The number of carbonyl (C=O) groups is 1. The van der Waals surface area contributed by atoms with Crippen molar-refractivity contribution in [2.24, 2.45) is 5.73 Å². The topological polar surface area (TPSA) is 55.1 Å². The van der Waals surface area contributed by atoms with Crippen molar-refractivity contribution in [1.82, 2.24) is 5.32 Å². The van der Waals surface area contributed by atoms with Crippen LogP contribution in [0.25, 0.3) is 0 Å². The molecule has 0 saturated carbocycles. The normalized spacial score (nSPS) is 26.3. The first-order valence-corrected chi connectivity index (χ1v) is 4.48. The molecule has 1 fully saturated rings. The number of halogens is 1. The van der Waals surface area contributed by atoms with Gasteiger partial charge >= 0.3 is 0 Å². The Kier molecular flexibility index (Phi) is 2.21. The molecule has 0 aliphatic carbocycles. The Bertz CT molecular complexity index is 367. The van der Waals surface area contributed by atoms with Gasteiger partial charge in [-0.3, -0.25) is 4.79 Å². The molecule has 0 radical (unpaired) electrons. The highest BCUT2D eigenvalue weighted by molar-refractivity contribution is 5.80. The van der Waals surface area contributed by atoms with E-state index in [2.05, 4.69) is 5.32 Å². The van der Waals surface area contributed by atoms with E-state index < -0.39 is 0 Å². The van der Waals surface area contributed by atoms with Crippen LogP contribution in [0.2, 0.25) is 0 Å². The summed E-state index contributed by atoms with van der Waals surface area (Å²) in [6.07, 6.45) is 0.263. The molecule has 1 heterocycles. The Hall–Kier alpha value is -1.42. The maximum absolute atomic E-state index is 13.3. The quantitative estimate of drug-likeness (QED) is 0.692. The highest BCUT2D eigenvalue weighted by Crippen LogP contribution is 2.24. The van der Waals surface area contributed by atoms with E-state index in [0.29, 0.717) is 5.56 Å². The Morgan fingerprint density at radius 2 is 2.14 bits per heavy atom. The minimum atomic E-state index is -0.385. The summed E-state index contributed by atoms with van der Waals surface area (Å²) < 4.78 is 13.3. The van der Waals surface area contributed by atoms with Gasteiger partial charge in [0.2, 0.25) is 5.91 Å². The summed E-state index contributed by atoms with van der Waals surface area (Å²) in [6, 6.07) is 5.64. The second-order valence-electron chi connectivity index (χ2n) is 3.43. The summed E-state index contributed by atoms with van der Waals surface area (Å²) >= 11 is 0. The average molecular weight is 194 g/mol. The monoisotopic (exact) mass is 194 g/mol. The second-order valence-corrected chi connectivity index (χ2v) is 3.43. The number of hydrogen-bond acceptors (Lipinski definition) is 2. The molecule has 0 spiro atoms. The molecule has 0 bridgehead atoms. The third-order valence-corrected chi connectivity index (χ3v) is 2.41. The van der Waals surface area contributed by atoms with Gasteiger partial charge in [-0.15, -0.1) is 0 Å². The van der Waals surface area contributed by atoms with E-state index in [1.165, 1.54) is 6.07 Å². The minimum absolute atomic E-state index is 0.120. The molecule has 1 aliphatic heterocycles. The van der Waals surface area contributed by atoms with Gasteiger partial charge in [-0.2, -0.15) is 0 Å². The fraction of sp³-hybridized carbons (Fsp3) is 0.300. The Morgan fingerprint density at radius 3 is 2.71 bits per heavy atom. The minimum Gasteiger partial charge on any atom is -0.348 e. The largest absolute Gasteiger partial charge is 0.348 e. The van der Waals surface area contributed by atoms with Gasteiger partial charge in [0.1, 0.15) is 5.82 Å². The predicted molar refractivity (Wildman–Crippen MR) is 49.9 cm³/mol. The van der Waals surface area contributed by atoms with Crippen molar-refractivity contribution in [1.29, 1.82) is 0 Å². The third kappa shape index (κ3) is 1.48. The van der Waals surface area contributed by atoms with Gasteiger partial charge in [-0.05, 0) is 6.07 Å². The van der Waals surface area contributed by atoms with E-state index in [-0.39, 0.29) is 30.2 Å². The summed E-state index contributed by atoms with van der Waals surface area (Å²) in [7, 11) is 0. The van der Waals surface area contributed by atoms with Gasteiger partial charge in [0.15, 0.2) is 0 Å². The summed E-state index contributed by atoms with van der Waals surface area (Å²) in [5, 5.41) is 2.66. The Morgan fingerprint density at radius 1 is 1.43 bits per heavy atom. The molecule has 1 aromatic rings. The zero-order chi connectivity index (χ0) is 10.1. The number of hydrogen-bond donors (Lipinski definition) is 2. The Balaban J connectivity index is 2.32. The average Bonchev–Trinajstić information content (AvgIpc) is 2.46. The predicted octanol–water partition coefficient (Wildman–Crippen LogP) is 0.714. The number of nitrogens with two attached hydrogens (primary N) is 1. The molecule has 2 rings (SSSR count). The van der Waals surface area contributed by atoms with Crippen LogP contribution in [0.3, 0.4) is 0 Å². The lowest BCUT2D eigenvalue weighted by Crippen LogP contribution is -2.29. The van der Waals surface area contributed by atoms with Crippen LogP contribution in [0.15, 0.2) is 24.3 Å². The molecule has 1 aromatic carbocycles. The van der Waals surface area contributed by atoms with E-state index in [1.54, 1.807) is 18.2 Å². The van der Waals surface area contributed by atoms with Crippen LogP contribution in [0.5, 0.6) is 0 Å². The van der Waals surface area contributed by atoms with Crippen molar-refractivity contribution >= 4 is 5.91 Å². The lowest BCUT2D eigenvalue weighted by Gasteiger charge is -2.15. The maximum atomic E-state index is 13.3. The van der Waals surface area contributed by atoms with Crippen LogP contribution in [0.4, 0.5) is 4.39 Å². The first-order chi connectivity index (χ1) is 6.68. The van der Waals surface area contributed by atoms with Crippen LogP contribution in [0.1, 0.15) is 18.0 Å². The molecular weight excluding hydrogens is 183 g/mol. The van der Waals surface area contributed by atoms with Gasteiger partial charge in [-0.1, -0.05) is 18.2 Å². The maximum Gasteiger partial charge on any atom is 0.222 e. The molecule has 4 heteroatoms. The van der Waals surface area contributed by atoms with E-state index in [9.17, 15) is 9.18 Å². The van der Waals surface area contributed by atoms with Gasteiger partial charge in [0.25, 0.3) is 0 Å². The molecular formula is C10H11FN2O. The van der Waals surface area contributed by atoms with Crippen molar-refractivity contribution in [2.75, 3.05) is 0 Å². The zero-order valence-corrected chi connectivity index (χ0v) is 7.53. The third-order valence-electron chi connectivity index (χ3n) is 2.41. The van der Waals surface area contributed by atoms with Crippen LogP contribution in [0, 0.1) is 5.82 Å². The summed E-state index contributed by atoms with van der Waals surface area (Å²) in [4.78, 5) is 11.0. The summed E-state index contributed by atoms with van der Waals surface area (Å²) in [6.45, 7) is 0. The van der Waals surface area contributed by atoms with Crippen LogP contribution in [-0.4, -0.2) is 11.9 Å². The van der Waals surface area contributed by atoms with Crippen LogP contribution >= 0.6 is 0 Å². The van der Waals surface area contributed by atoms with E-state index >= 15 is 0 Å². The molecule has 1 saturated heterocycles. The number of benzene rings is 1. The lowest BCUT2D eigenvalue weighted by molar-refractivity contribution is -0.119. The molecule has 3 nitrogen and oxygen atoms in total. The van der Waals surface area contributed by atoms with Gasteiger partial charge < -0.3 is 11.1 Å². The molecule has 2 atom stereocenters. The molecule has 14 heavy (non-hydrogen) atoms. The molecule has 74 valence electrons. The van der Waals surface area contributed by atoms with Crippen LogP contribution in [-0.2, 0) is 4.79 Å². The number of nitrogens with one attached hydrogen (secondary N) is 1. The first kappa shape index (κ1) is 9.15. The SMILES string of the molecule is NC1CC(=O)NC1c1ccccc1F. The number of amides is 1. The van der Waals surface area contributed by atoms with Crippen molar-refractivity contribution in [3.8, 4) is 0 Å². The standard InChI is InChI=1S/C10H11FN2O/c11-7-4-2-1-3-6(7)10-8(12)5-9(14)13-10/h1-4,8,10H,5,12H2,(H,13,14). The highest BCUT2D eigenvalue weighted by atomic mass is 19.1. The molecule has 3 N–H and O–H groups in total. The van der Waals surface area contributed by atoms with Gasteiger partial charge in [-0.25, -0.2) is 4.39 Å². The Labute approximate surface area is 81.1 Å². The van der Waals surface area contributed by atoms with Crippen molar-refractivity contribution in [3.63, 3.8) is 0 Å². The van der Waals surface area contributed by atoms with Crippen molar-refractivity contribution in [3.05, 3.63) is 35.6 Å². The van der Waals surface area contributed by atoms with Crippen molar-refractivity contribution in [2.45, 2.75) is 18.5 Å². The number of carbonyl (C=O) groups excluding carboxylic acids is 1. The van der Waals surface area contributed by atoms with E-state index in [1.807, 2.05) is 0 Å². The fourth-order valence-corrected chi connectivity index (χ4v) is 1.71. The van der Waals surface area contributed by atoms with E-state index in [0.717, 1.165) is 0 Å². The van der Waals surface area contributed by atoms with Crippen molar-refractivity contribution < 1.29 is 9.18 Å². The zero-order valence-electron chi connectivity index (χ0n) is 7.53. The van der Waals surface area contributed by atoms with E-state index in [4.69, 9.17) is 5.73 Å². The fourth-order valence-electron chi connectivity index (χ4n) is 1.71. The molecule has 1 amide bonds. The molecule has 0 aromatic heterocycles. The van der Waals surface area contributed by atoms with Crippen LogP contribution < -0.4 is 11.1 Å². The lowest BCUT2D eigenvalue weighted by atomic mass is 10.0.